The van der Waals surface area contributed by atoms with Crippen LogP contribution in [0, 0.1) is 6.92 Å². The van der Waals surface area contributed by atoms with Crippen LogP contribution in [0.25, 0.3) is 0 Å². The maximum Gasteiger partial charge on any atom is 0.286 e. The molecule has 0 radical (unpaired) electrons. The number of nitrogens with zero attached hydrogens (tertiary/aromatic N) is 3. The van der Waals surface area contributed by atoms with Gasteiger partial charge in [-0.2, -0.15) is 0 Å². The average molecular weight is 427 g/mol. The Morgan fingerprint density at radius 3 is 2.72 bits per heavy atom. The molecule has 1 atom stereocenters. The Hall–Kier alpha value is -2.77. The number of rotatable bonds is 4. The van der Waals surface area contributed by atoms with E-state index in [4.69, 9.17) is 11.6 Å². The average Bonchev–Trinajstić information content (AvgIpc) is 3.37. The Morgan fingerprint density at radius 2 is 1.97 bits per heavy atom. The highest BCUT2D eigenvalue weighted by Gasteiger charge is 2.33. The maximum atomic E-state index is 12.9. The van der Waals surface area contributed by atoms with Crippen molar-refractivity contribution in [2.24, 2.45) is 0 Å². The Morgan fingerprint density at radius 1 is 1.17 bits per heavy atom. The number of hydrogen-bond acceptors (Lipinski definition) is 5. The van der Waals surface area contributed by atoms with Gasteiger partial charge >= 0.3 is 0 Å². The van der Waals surface area contributed by atoms with Crippen LogP contribution in [0.4, 0.5) is 5.69 Å². The van der Waals surface area contributed by atoms with Crippen LogP contribution >= 0.6 is 22.9 Å². The van der Waals surface area contributed by atoms with E-state index in [9.17, 15) is 9.59 Å². The molecule has 2 aromatic carbocycles. The molecule has 0 aliphatic carbocycles. The van der Waals surface area contributed by atoms with Gasteiger partial charge in [-0.3, -0.25) is 9.59 Å². The zero-order valence-corrected chi connectivity index (χ0v) is 17.3. The highest BCUT2D eigenvalue weighted by molar-refractivity contribution is 7.13. The number of nitrogens with one attached hydrogen (secondary N) is 1. The molecule has 148 valence electrons. The summed E-state index contributed by atoms with van der Waals surface area (Å²) >= 11 is 7.17. The molecule has 0 bridgehead atoms. The number of likely N-dealkylation sites (tertiary alicyclic amines) is 1. The topological polar surface area (TPSA) is 75.2 Å². The number of aryl methyl sites for hydroxylation is 1. The minimum absolute atomic E-state index is 0.0207. The number of hydrogen-bond donors (Lipinski definition) is 1. The smallest absolute Gasteiger partial charge is 0.286 e. The van der Waals surface area contributed by atoms with Crippen molar-refractivity contribution in [1.29, 1.82) is 0 Å². The third-order valence-electron chi connectivity index (χ3n) is 4.81. The molecule has 1 saturated heterocycles. The van der Waals surface area contributed by atoms with E-state index < -0.39 is 0 Å². The van der Waals surface area contributed by atoms with Gasteiger partial charge in [-0.05, 0) is 50.1 Å². The van der Waals surface area contributed by atoms with E-state index in [2.05, 4.69) is 15.5 Å². The highest BCUT2D eigenvalue weighted by Crippen LogP contribution is 2.35. The lowest BCUT2D eigenvalue weighted by Crippen LogP contribution is -2.30. The van der Waals surface area contributed by atoms with Crippen molar-refractivity contribution in [3.63, 3.8) is 0 Å². The van der Waals surface area contributed by atoms with Gasteiger partial charge in [0.15, 0.2) is 0 Å². The molecule has 0 spiro atoms. The van der Waals surface area contributed by atoms with Crippen molar-refractivity contribution in [3.8, 4) is 0 Å². The molecule has 1 N–H and O–H groups in total. The summed E-state index contributed by atoms with van der Waals surface area (Å²) in [5, 5.41) is 12.5. The van der Waals surface area contributed by atoms with Gasteiger partial charge in [0.1, 0.15) is 5.01 Å². The monoisotopic (exact) mass is 426 g/mol. The van der Waals surface area contributed by atoms with Gasteiger partial charge in [-0.15, -0.1) is 10.2 Å². The molecule has 4 rings (SSSR count). The molecule has 1 aliphatic rings. The van der Waals surface area contributed by atoms with Crippen LogP contribution in [0.1, 0.15) is 49.6 Å². The molecule has 2 heterocycles. The molecular formula is C21H19ClN4O2S. The lowest BCUT2D eigenvalue weighted by Gasteiger charge is -2.22. The molecule has 0 saturated carbocycles. The van der Waals surface area contributed by atoms with Crippen LogP contribution in [0.2, 0.25) is 5.02 Å². The van der Waals surface area contributed by atoms with E-state index in [0.717, 1.165) is 18.4 Å². The fourth-order valence-electron chi connectivity index (χ4n) is 3.34. The Labute approximate surface area is 177 Å². The van der Waals surface area contributed by atoms with E-state index in [0.29, 0.717) is 27.8 Å². The van der Waals surface area contributed by atoms with Crippen molar-refractivity contribution in [2.45, 2.75) is 25.8 Å². The zero-order chi connectivity index (χ0) is 20.4. The van der Waals surface area contributed by atoms with Gasteiger partial charge in [0.25, 0.3) is 11.8 Å². The van der Waals surface area contributed by atoms with Gasteiger partial charge in [0.2, 0.25) is 5.01 Å². The molecule has 3 aromatic rings. The number of benzene rings is 2. The van der Waals surface area contributed by atoms with Crippen LogP contribution in [0.5, 0.6) is 0 Å². The first-order valence-electron chi connectivity index (χ1n) is 9.29. The first-order valence-corrected chi connectivity index (χ1v) is 10.5. The molecule has 1 aromatic heterocycles. The number of carbonyl (C=O) groups excluding carboxylic acids is 2. The normalized spacial score (nSPS) is 16.1. The van der Waals surface area contributed by atoms with E-state index >= 15 is 0 Å². The van der Waals surface area contributed by atoms with Crippen molar-refractivity contribution < 1.29 is 9.59 Å². The summed E-state index contributed by atoms with van der Waals surface area (Å²) in [5.74, 6) is -0.363. The van der Waals surface area contributed by atoms with Gasteiger partial charge < -0.3 is 10.2 Å². The number of anilines is 1. The molecule has 2 amide bonds. The number of carbonyl (C=O) groups is 2. The predicted octanol–water partition coefficient (Wildman–Crippen LogP) is 4.73. The fraction of sp³-hybridized carbons (Fsp3) is 0.238. The van der Waals surface area contributed by atoms with Gasteiger partial charge in [0, 0.05) is 22.8 Å². The quantitative estimate of drug-likeness (QED) is 0.654. The zero-order valence-electron chi connectivity index (χ0n) is 15.8. The molecule has 1 fully saturated rings. The van der Waals surface area contributed by atoms with E-state index in [1.807, 2.05) is 36.1 Å². The summed E-state index contributed by atoms with van der Waals surface area (Å²) in [7, 11) is 0. The Kier molecular flexibility index (Phi) is 5.60. The molecular weight excluding hydrogens is 408 g/mol. The van der Waals surface area contributed by atoms with Crippen LogP contribution in [0.15, 0.2) is 48.5 Å². The first kappa shape index (κ1) is 19.5. The second-order valence-electron chi connectivity index (χ2n) is 6.93. The minimum Gasteiger partial charge on any atom is -0.329 e. The van der Waals surface area contributed by atoms with Crippen molar-refractivity contribution >= 4 is 40.4 Å². The van der Waals surface area contributed by atoms with Crippen LogP contribution in [-0.4, -0.2) is 33.5 Å². The summed E-state index contributed by atoms with van der Waals surface area (Å²) in [6, 6.07) is 14.3. The third kappa shape index (κ3) is 4.31. The number of aromatic nitrogens is 2. The second-order valence-corrected chi connectivity index (χ2v) is 8.38. The maximum absolute atomic E-state index is 12.9. The third-order valence-corrected chi connectivity index (χ3v) is 6.07. The molecule has 1 aliphatic heterocycles. The lowest BCUT2D eigenvalue weighted by atomic mass is 10.1. The molecule has 6 nitrogen and oxygen atoms in total. The van der Waals surface area contributed by atoms with Gasteiger partial charge in [0.05, 0.1) is 6.04 Å². The molecule has 0 unspecified atom stereocenters. The van der Waals surface area contributed by atoms with Crippen LogP contribution in [0.3, 0.4) is 0 Å². The van der Waals surface area contributed by atoms with Crippen molar-refractivity contribution in [2.75, 3.05) is 11.9 Å². The van der Waals surface area contributed by atoms with Crippen molar-refractivity contribution in [3.05, 3.63) is 74.7 Å². The van der Waals surface area contributed by atoms with Gasteiger partial charge in [-0.1, -0.05) is 46.7 Å². The highest BCUT2D eigenvalue weighted by atomic mass is 35.5. The van der Waals surface area contributed by atoms with Crippen molar-refractivity contribution in [1.82, 2.24) is 15.1 Å². The lowest BCUT2D eigenvalue weighted by molar-refractivity contribution is 0.0735. The minimum atomic E-state index is -0.342. The predicted molar refractivity (Wildman–Crippen MR) is 114 cm³/mol. The van der Waals surface area contributed by atoms with Crippen LogP contribution in [-0.2, 0) is 0 Å². The summed E-state index contributed by atoms with van der Waals surface area (Å²) < 4.78 is 0. The first-order chi connectivity index (χ1) is 14.0. The largest absolute Gasteiger partial charge is 0.329 e. The number of halogens is 1. The Balaban J connectivity index is 1.49. The van der Waals surface area contributed by atoms with E-state index in [1.54, 1.807) is 24.3 Å². The summed E-state index contributed by atoms with van der Waals surface area (Å²) in [5.41, 5.74) is 2.36. The van der Waals surface area contributed by atoms with Crippen LogP contribution < -0.4 is 5.32 Å². The summed E-state index contributed by atoms with van der Waals surface area (Å²) in [4.78, 5) is 27.3. The van der Waals surface area contributed by atoms with Gasteiger partial charge in [-0.25, -0.2) is 0 Å². The summed E-state index contributed by atoms with van der Waals surface area (Å²) in [6.45, 7) is 2.66. The SMILES string of the molecule is Cc1ccc(C(=O)N2CCC[C@@H]2c2nnc(C(=O)Nc3cccc(Cl)c3)s2)cc1. The summed E-state index contributed by atoms with van der Waals surface area (Å²) in [6.07, 6.45) is 1.70. The molecule has 8 heteroatoms. The standard InChI is InChI=1S/C21H19ClN4O2S/c1-13-7-9-14(10-8-13)21(28)26-11-3-6-17(26)19-24-25-20(29-19)18(27)23-16-5-2-4-15(22)12-16/h2,4-5,7-10,12,17H,3,6,11H2,1H3,(H,23,27)/t17-/m1/s1. The fourth-order valence-corrected chi connectivity index (χ4v) is 4.42. The second kappa shape index (κ2) is 8.31. The van der Waals surface area contributed by atoms with E-state index in [1.165, 1.54) is 11.3 Å². The number of amides is 2. The molecule has 29 heavy (non-hydrogen) atoms. The van der Waals surface area contributed by atoms with E-state index in [-0.39, 0.29) is 22.9 Å². The Bertz CT molecular complexity index is 1050.